The summed E-state index contributed by atoms with van der Waals surface area (Å²) in [5.74, 6) is -0.559. The Bertz CT molecular complexity index is 955. The third-order valence-corrected chi connectivity index (χ3v) is 4.47. The molecule has 0 radical (unpaired) electrons. The summed E-state index contributed by atoms with van der Waals surface area (Å²) >= 11 is 0. The number of esters is 1. The van der Waals surface area contributed by atoms with Crippen LogP contribution in [0.15, 0.2) is 54.6 Å². The molecule has 0 N–H and O–H groups in total. The van der Waals surface area contributed by atoms with Gasteiger partial charge in [-0.25, -0.2) is 4.39 Å². The number of carbonyl (C=O) groups excluding carboxylic acids is 1. The van der Waals surface area contributed by atoms with Crippen molar-refractivity contribution in [1.29, 1.82) is 0 Å². The van der Waals surface area contributed by atoms with Crippen molar-refractivity contribution in [2.24, 2.45) is 0 Å². The molecule has 1 heterocycles. The first kappa shape index (κ1) is 18.9. The molecule has 0 bridgehead atoms. The number of hydrogen-bond acceptors (Lipinski definition) is 2. The van der Waals surface area contributed by atoms with Crippen LogP contribution >= 0.6 is 0 Å². The number of rotatable bonds is 5. The van der Waals surface area contributed by atoms with Gasteiger partial charge in [-0.1, -0.05) is 35.9 Å². The van der Waals surface area contributed by atoms with Gasteiger partial charge in [0.25, 0.3) is 0 Å². The fourth-order valence-electron chi connectivity index (χ4n) is 3.18. The Morgan fingerprint density at radius 1 is 1.07 bits per heavy atom. The topological polar surface area (TPSA) is 31.2 Å². The van der Waals surface area contributed by atoms with E-state index in [1.807, 2.05) is 68.7 Å². The Hall–Kier alpha value is -2.88. The van der Waals surface area contributed by atoms with Gasteiger partial charge in [0.2, 0.25) is 0 Å². The van der Waals surface area contributed by atoms with E-state index in [4.69, 9.17) is 4.74 Å². The molecular weight excluding hydrogens is 341 g/mol. The molecule has 2 aromatic carbocycles. The lowest BCUT2D eigenvalue weighted by Crippen LogP contribution is -2.14. The van der Waals surface area contributed by atoms with E-state index in [-0.39, 0.29) is 24.3 Å². The molecule has 0 amide bonds. The molecule has 0 unspecified atom stereocenters. The van der Waals surface area contributed by atoms with Gasteiger partial charge in [0, 0.05) is 11.4 Å². The summed E-state index contributed by atoms with van der Waals surface area (Å²) in [5.41, 5.74) is 5.60. The summed E-state index contributed by atoms with van der Waals surface area (Å²) in [6, 6.07) is 16.6. The Morgan fingerprint density at radius 2 is 1.78 bits per heavy atom. The maximum absolute atomic E-state index is 13.8. The highest BCUT2D eigenvalue weighted by molar-refractivity contribution is 5.75. The molecular formula is C23H24FNO2. The number of benzene rings is 2. The first-order valence-corrected chi connectivity index (χ1v) is 9.09. The Balaban J connectivity index is 2.11. The Kier molecular flexibility index (Phi) is 5.45. The van der Waals surface area contributed by atoms with Crippen LogP contribution in [-0.4, -0.2) is 16.6 Å². The van der Waals surface area contributed by atoms with E-state index in [2.05, 4.69) is 0 Å². The SMILES string of the molecule is Cc1ccc(-c2cc(CC(=O)OC(C)C)c(C)n2-c2cccc(F)c2)cc1. The highest BCUT2D eigenvalue weighted by Crippen LogP contribution is 2.30. The van der Waals surface area contributed by atoms with Crippen LogP contribution in [0, 0.1) is 19.7 Å². The fourth-order valence-corrected chi connectivity index (χ4v) is 3.18. The maximum atomic E-state index is 13.8. The molecule has 0 saturated heterocycles. The van der Waals surface area contributed by atoms with Gasteiger partial charge in [-0.15, -0.1) is 0 Å². The predicted molar refractivity (Wildman–Crippen MR) is 106 cm³/mol. The fraction of sp³-hybridized carbons (Fsp3) is 0.261. The van der Waals surface area contributed by atoms with E-state index in [0.717, 1.165) is 28.2 Å². The summed E-state index contributed by atoms with van der Waals surface area (Å²) in [7, 11) is 0. The lowest BCUT2D eigenvalue weighted by molar-refractivity contribution is -0.146. The van der Waals surface area contributed by atoms with Crippen molar-refractivity contribution in [2.75, 3.05) is 0 Å². The van der Waals surface area contributed by atoms with E-state index in [9.17, 15) is 9.18 Å². The molecule has 0 aliphatic carbocycles. The Labute approximate surface area is 159 Å². The van der Waals surface area contributed by atoms with Crippen LogP contribution in [0.3, 0.4) is 0 Å². The van der Waals surface area contributed by atoms with Gasteiger partial charge in [-0.3, -0.25) is 4.79 Å². The van der Waals surface area contributed by atoms with Gasteiger partial charge in [0.15, 0.2) is 0 Å². The number of nitrogens with zero attached hydrogens (tertiary/aromatic N) is 1. The van der Waals surface area contributed by atoms with Crippen LogP contribution in [0.25, 0.3) is 16.9 Å². The number of aryl methyl sites for hydroxylation is 1. The standard InChI is InChI=1S/C23H24FNO2/c1-15(2)27-23(26)13-19-12-22(18-10-8-16(3)9-11-18)25(17(19)4)21-7-5-6-20(24)14-21/h5-12,14-15H,13H2,1-4H3. The third kappa shape index (κ3) is 4.27. The molecule has 27 heavy (non-hydrogen) atoms. The zero-order valence-corrected chi connectivity index (χ0v) is 16.1. The largest absolute Gasteiger partial charge is 0.463 e. The van der Waals surface area contributed by atoms with Gasteiger partial charge in [-0.05, 0) is 63.1 Å². The van der Waals surface area contributed by atoms with E-state index in [0.29, 0.717) is 0 Å². The average Bonchev–Trinajstić information content (AvgIpc) is 2.91. The van der Waals surface area contributed by atoms with Crippen molar-refractivity contribution >= 4 is 5.97 Å². The van der Waals surface area contributed by atoms with Crippen molar-refractivity contribution in [3.63, 3.8) is 0 Å². The highest BCUT2D eigenvalue weighted by atomic mass is 19.1. The van der Waals surface area contributed by atoms with Crippen molar-refractivity contribution in [2.45, 2.75) is 40.2 Å². The minimum Gasteiger partial charge on any atom is -0.463 e. The van der Waals surface area contributed by atoms with Crippen LogP contribution in [0.5, 0.6) is 0 Å². The number of carbonyl (C=O) groups is 1. The molecule has 0 aliphatic heterocycles. The first-order chi connectivity index (χ1) is 12.8. The van der Waals surface area contributed by atoms with Crippen molar-refractivity contribution < 1.29 is 13.9 Å². The summed E-state index contributed by atoms with van der Waals surface area (Å²) in [4.78, 5) is 12.2. The van der Waals surface area contributed by atoms with Gasteiger partial charge in [0.1, 0.15) is 5.82 Å². The maximum Gasteiger partial charge on any atom is 0.310 e. The van der Waals surface area contributed by atoms with Crippen LogP contribution in [-0.2, 0) is 16.0 Å². The highest BCUT2D eigenvalue weighted by Gasteiger charge is 2.18. The Morgan fingerprint density at radius 3 is 2.41 bits per heavy atom. The van der Waals surface area contributed by atoms with Gasteiger partial charge >= 0.3 is 5.97 Å². The minimum atomic E-state index is -0.295. The molecule has 3 aromatic rings. The average molecular weight is 365 g/mol. The summed E-state index contributed by atoms with van der Waals surface area (Å²) in [5, 5.41) is 0. The second-order valence-corrected chi connectivity index (χ2v) is 7.04. The number of halogens is 1. The monoisotopic (exact) mass is 365 g/mol. The zero-order chi connectivity index (χ0) is 19.6. The van der Waals surface area contributed by atoms with Gasteiger partial charge < -0.3 is 9.30 Å². The molecule has 3 rings (SSSR count). The van der Waals surface area contributed by atoms with Crippen molar-refractivity contribution in [3.8, 4) is 16.9 Å². The van der Waals surface area contributed by atoms with Crippen molar-refractivity contribution in [1.82, 2.24) is 4.57 Å². The van der Waals surface area contributed by atoms with Crippen LogP contribution < -0.4 is 0 Å². The third-order valence-electron chi connectivity index (χ3n) is 4.47. The molecule has 0 saturated carbocycles. The van der Waals surface area contributed by atoms with Crippen molar-refractivity contribution in [3.05, 3.63) is 77.2 Å². The number of hydrogen-bond donors (Lipinski definition) is 0. The lowest BCUT2D eigenvalue weighted by atomic mass is 10.1. The number of aromatic nitrogens is 1. The molecule has 3 nitrogen and oxygen atoms in total. The lowest BCUT2D eigenvalue weighted by Gasteiger charge is -2.13. The van der Waals surface area contributed by atoms with E-state index in [1.54, 1.807) is 6.07 Å². The normalized spacial score (nSPS) is 11.0. The predicted octanol–water partition coefficient (Wildman–Crippen LogP) is 5.39. The number of ether oxygens (including phenoxy) is 1. The molecule has 1 aromatic heterocycles. The summed E-state index contributed by atoms with van der Waals surface area (Å²) < 4.78 is 21.1. The second kappa shape index (κ2) is 7.78. The summed E-state index contributed by atoms with van der Waals surface area (Å²) in [6.45, 7) is 7.65. The van der Waals surface area contributed by atoms with E-state index >= 15 is 0 Å². The van der Waals surface area contributed by atoms with E-state index < -0.39 is 0 Å². The molecule has 0 spiro atoms. The van der Waals surface area contributed by atoms with E-state index in [1.165, 1.54) is 17.7 Å². The van der Waals surface area contributed by atoms with Crippen LogP contribution in [0.4, 0.5) is 4.39 Å². The minimum absolute atomic E-state index is 0.153. The molecule has 140 valence electrons. The van der Waals surface area contributed by atoms with Gasteiger partial charge in [-0.2, -0.15) is 0 Å². The van der Waals surface area contributed by atoms with Gasteiger partial charge in [0.05, 0.1) is 18.2 Å². The van der Waals surface area contributed by atoms with Crippen LogP contribution in [0.2, 0.25) is 0 Å². The molecule has 0 fully saturated rings. The zero-order valence-electron chi connectivity index (χ0n) is 16.1. The second-order valence-electron chi connectivity index (χ2n) is 7.04. The molecule has 0 aliphatic rings. The quantitative estimate of drug-likeness (QED) is 0.567. The first-order valence-electron chi connectivity index (χ1n) is 9.09. The smallest absolute Gasteiger partial charge is 0.310 e. The van der Waals surface area contributed by atoms with Crippen LogP contribution in [0.1, 0.15) is 30.7 Å². The molecule has 0 atom stereocenters. The molecule has 4 heteroatoms. The summed E-state index contributed by atoms with van der Waals surface area (Å²) in [6.07, 6.45) is 0.0326.